The number of rotatable bonds is 2. The van der Waals surface area contributed by atoms with E-state index in [-0.39, 0.29) is 65.0 Å². The zero-order valence-corrected chi connectivity index (χ0v) is 12.5. The molecule has 0 heterocycles. The molecule has 0 radical (unpaired) electrons. The molecule has 0 aliphatic heterocycles. The van der Waals surface area contributed by atoms with Crippen molar-refractivity contribution in [2.24, 2.45) is 0 Å². The van der Waals surface area contributed by atoms with E-state index < -0.39 is 0 Å². The fraction of sp³-hybridized carbons (Fsp3) is 1.00. The van der Waals surface area contributed by atoms with Gasteiger partial charge < -0.3 is 52.4 Å². The number of quaternary nitrogens is 1. The van der Waals surface area contributed by atoms with Crippen LogP contribution in [0.15, 0.2) is 0 Å². The molecule has 70 valence electrons. The number of halogens is 2. The van der Waals surface area contributed by atoms with Gasteiger partial charge in [-0.25, -0.2) is 0 Å². The molecule has 0 atom stereocenters. The Morgan fingerprint density at radius 3 is 1.40 bits per heavy atom. The minimum Gasteiger partial charge on any atom is -1.00 e. The van der Waals surface area contributed by atoms with E-state index in [1.807, 2.05) is 0 Å². The summed E-state index contributed by atoms with van der Waals surface area (Å²) in [4.78, 5) is 0. The van der Waals surface area contributed by atoms with Crippen LogP contribution >= 0.6 is 12.6 Å². The van der Waals surface area contributed by atoms with Gasteiger partial charge in [-0.2, -0.15) is 12.6 Å². The summed E-state index contributed by atoms with van der Waals surface area (Å²) in [5.41, 5.74) is 0. The van der Waals surface area contributed by atoms with Crippen LogP contribution in [0.5, 0.6) is 0 Å². The molecule has 0 fully saturated rings. The first kappa shape index (κ1) is 22.8. The van der Waals surface area contributed by atoms with E-state index >= 15 is 0 Å². The van der Waals surface area contributed by atoms with Gasteiger partial charge in [0.25, 0.3) is 0 Å². The summed E-state index contributed by atoms with van der Waals surface area (Å²) in [6.07, 6.45) is 0. The summed E-state index contributed by atoms with van der Waals surface area (Å²) >= 11 is 4.10. The molecule has 0 N–H and O–H groups in total. The van der Waals surface area contributed by atoms with Crippen LogP contribution in [0, 0.1) is 0 Å². The van der Waals surface area contributed by atoms with Gasteiger partial charge in [-0.05, 0) is 0 Å². The fourth-order valence-electron chi connectivity index (χ4n) is 0.300. The van der Waals surface area contributed by atoms with Crippen LogP contribution in [-0.4, -0.2) is 37.9 Å². The van der Waals surface area contributed by atoms with E-state index in [4.69, 9.17) is 0 Å². The first-order chi connectivity index (χ1) is 3.06. The van der Waals surface area contributed by atoms with Crippen molar-refractivity contribution in [2.45, 2.75) is 0 Å². The Kier molecular flexibility index (Phi) is 25.7. The Labute approximate surface area is 114 Å². The first-order valence-corrected chi connectivity index (χ1v) is 3.11. The zero-order valence-electron chi connectivity index (χ0n) is 6.37. The topological polar surface area (TPSA) is 0 Å². The molecule has 0 aromatic carbocycles. The van der Waals surface area contributed by atoms with Gasteiger partial charge in [-0.3, -0.25) is 0 Å². The van der Waals surface area contributed by atoms with Crippen molar-refractivity contribution in [2.75, 3.05) is 33.4 Å². The van der Waals surface area contributed by atoms with Crippen molar-refractivity contribution in [3.05, 3.63) is 0 Å². The number of hydrogen-bond donors (Lipinski definition) is 1. The molecule has 0 amide bonds. The van der Waals surface area contributed by atoms with Crippen LogP contribution in [0.1, 0.15) is 0 Å². The molecule has 5 heteroatoms. The second-order valence-corrected chi connectivity index (χ2v) is 3.18. The molecular formula is C5H14CuI2NS. The SMILES string of the molecule is C[N+](C)(C)CCS.[Cu+].[I-].[I-]. The van der Waals surface area contributed by atoms with Gasteiger partial charge in [-0.15, -0.1) is 0 Å². The van der Waals surface area contributed by atoms with Crippen LogP contribution in [-0.2, 0) is 17.1 Å². The Morgan fingerprint density at radius 1 is 1.10 bits per heavy atom. The molecule has 0 aromatic heterocycles. The summed E-state index contributed by atoms with van der Waals surface area (Å²) < 4.78 is 1.02. The number of thiol groups is 1. The molecule has 0 rings (SSSR count). The van der Waals surface area contributed by atoms with E-state index in [9.17, 15) is 0 Å². The van der Waals surface area contributed by atoms with Crippen LogP contribution in [0.3, 0.4) is 0 Å². The first-order valence-electron chi connectivity index (χ1n) is 2.47. The predicted molar refractivity (Wildman–Crippen MR) is 36.8 cm³/mol. The summed E-state index contributed by atoms with van der Waals surface area (Å²) in [7, 11) is 6.49. The van der Waals surface area contributed by atoms with E-state index in [2.05, 4.69) is 33.8 Å². The molecule has 0 bridgehead atoms. The smallest absolute Gasteiger partial charge is 1.00 e. The van der Waals surface area contributed by atoms with Crippen molar-refractivity contribution in [1.29, 1.82) is 0 Å². The maximum absolute atomic E-state index is 4.10. The van der Waals surface area contributed by atoms with E-state index in [0.717, 1.165) is 16.8 Å². The third-order valence-electron chi connectivity index (χ3n) is 0.771. The van der Waals surface area contributed by atoms with Gasteiger partial charge in [0.15, 0.2) is 0 Å². The Bertz CT molecular complexity index is 58.1. The third kappa shape index (κ3) is 22.4. The fourth-order valence-corrected chi connectivity index (χ4v) is 0.900. The second kappa shape index (κ2) is 11.3. The molecule has 0 aliphatic carbocycles. The summed E-state index contributed by atoms with van der Waals surface area (Å²) in [5, 5.41) is 0. The van der Waals surface area contributed by atoms with Crippen LogP contribution < -0.4 is 48.0 Å². The summed E-state index contributed by atoms with van der Waals surface area (Å²) in [5.74, 6) is 0.976. The predicted octanol–water partition coefficient (Wildman–Crippen LogP) is -5.37. The molecule has 0 spiro atoms. The molecule has 1 nitrogen and oxygen atoms in total. The largest absolute Gasteiger partial charge is 1.00 e. The summed E-state index contributed by atoms with van der Waals surface area (Å²) in [6, 6.07) is 0. The van der Waals surface area contributed by atoms with Gasteiger partial charge in [0.1, 0.15) is 0 Å². The Balaban J connectivity index is -0.0000000600. The molecule has 0 aromatic rings. The van der Waals surface area contributed by atoms with Gasteiger partial charge in [0, 0.05) is 5.75 Å². The maximum Gasteiger partial charge on any atom is 1.00 e. The standard InChI is InChI=1S/C5H13NS.Cu.2HI/c1-6(2,3)4-5-7;;;/h4-5H2,1-3H3;;2*1H/q;+1;;/p-1. The average molecular weight is 438 g/mol. The van der Waals surface area contributed by atoms with Crippen molar-refractivity contribution >= 4 is 12.6 Å². The number of hydrogen-bond acceptors (Lipinski definition) is 1. The Hall–Kier alpha value is 2.29. The van der Waals surface area contributed by atoms with Crippen molar-refractivity contribution in [1.82, 2.24) is 0 Å². The van der Waals surface area contributed by atoms with Gasteiger partial charge >= 0.3 is 17.1 Å². The molecular weight excluding hydrogens is 423 g/mol. The molecule has 0 saturated carbocycles. The van der Waals surface area contributed by atoms with Gasteiger partial charge in [0.05, 0.1) is 27.7 Å². The Morgan fingerprint density at radius 2 is 1.40 bits per heavy atom. The van der Waals surface area contributed by atoms with Crippen molar-refractivity contribution in [3.63, 3.8) is 0 Å². The van der Waals surface area contributed by atoms with Crippen LogP contribution in [0.4, 0.5) is 0 Å². The zero-order chi connectivity index (χ0) is 5.91. The second-order valence-electron chi connectivity index (χ2n) is 2.74. The summed E-state index contributed by atoms with van der Waals surface area (Å²) in [6.45, 7) is 1.14. The molecule has 0 saturated heterocycles. The monoisotopic (exact) mass is 437 g/mol. The van der Waals surface area contributed by atoms with Crippen LogP contribution in [0.25, 0.3) is 0 Å². The minimum absolute atomic E-state index is 0. The molecule has 0 aliphatic rings. The quantitative estimate of drug-likeness (QED) is 0.190. The van der Waals surface area contributed by atoms with Gasteiger partial charge in [0.2, 0.25) is 0 Å². The third-order valence-corrected chi connectivity index (χ3v) is 0.971. The minimum atomic E-state index is 0. The van der Waals surface area contributed by atoms with Crippen molar-refractivity contribution < 1.29 is 69.5 Å². The van der Waals surface area contributed by atoms with E-state index in [1.54, 1.807) is 0 Å². The normalized spacial score (nSPS) is 8.40. The van der Waals surface area contributed by atoms with Gasteiger partial charge in [-0.1, -0.05) is 0 Å². The maximum atomic E-state index is 4.10. The average Bonchev–Trinajstić information content (AvgIpc) is 1.30. The van der Waals surface area contributed by atoms with E-state index in [1.165, 1.54) is 0 Å². The number of nitrogens with zero attached hydrogens (tertiary/aromatic N) is 1. The molecule has 0 unspecified atom stereocenters. The van der Waals surface area contributed by atoms with Crippen molar-refractivity contribution in [3.8, 4) is 0 Å². The van der Waals surface area contributed by atoms with E-state index in [0.29, 0.717) is 0 Å². The van der Waals surface area contributed by atoms with Crippen LogP contribution in [0.2, 0.25) is 0 Å². The molecule has 10 heavy (non-hydrogen) atoms.